The van der Waals surface area contributed by atoms with Crippen LogP contribution < -0.4 is 5.69 Å². The fourth-order valence-electron chi connectivity index (χ4n) is 1.28. The molecule has 0 spiro atoms. The van der Waals surface area contributed by atoms with Gasteiger partial charge in [0.1, 0.15) is 6.54 Å². The van der Waals surface area contributed by atoms with E-state index < -0.39 is 24.0 Å². The van der Waals surface area contributed by atoms with Crippen molar-refractivity contribution in [3.8, 4) is 0 Å². The van der Waals surface area contributed by atoms with Gasteiger partial charge in [0, 0.05) is 10.7 Å². The molecule has 0 aliphatic heterocycles. The molecular weight excluding hydrogens is 285 g/mol. The summed E-state index contributed by atoms with van der Waals surface area (Å²) < 4.78 is 15.4. The van der Waals surface area contributed by atoms with Gasteiger partial charge < -0.3 is 5.11 Å². The van der Waals surface area contributed by atoms with E-state index in [4.69, 9.17) is 5.11 Å². The molecule has 8 heteroatoms. The summed E-state index contributed by atoms with van der Waals surface area (Å²) >= 11 is 3.02. The molecule has 0 unspecified atom stereocenters. The average Bonchev–Trinajstić information content (AvgIpc) is 2.45. The second kappa shape index (κ2) is 3.71. The number of aromatic nitrogens is 3. The van der Waals surface area contributed by atoms with E-state index in [9.17, 15) is 14.0 Å². The fourth-order valence-corrected chi connectivity index (χ4v) is 1.68. The third-order valence-electron chi connectivity index (χ3n) is 1.89. The number of pyridine rings is 1. The first-order valence-corrected chi connectivity index (χ1v) is 4.94. The topological polar surface area (TPSA) is 76.6 Å². The molecule has 84 valence electrons. The van der Waals surface area contributed by atoms with Crippen molar-refractivity contribution in [2.45, 2.75) is 6.54 Å². The molecule has 0 radical (unpaired) electrons. The van der Waals surface area contributed by atoms with Gasteiger partial charge in [0.15, 0.2) is 11.5 Å². The normalized spacial score (nSPS) is 10.9. The van der Waals surface area contributed by atoms with Crippen molar-refractivity contribution in [1.29, 1.82) is 0 Å². The minimum Gasteiger partial charge on any atom is -0.480 e. The summed E-state index contributed by atoms with van der Waals surface area (Å²) in [5, 5.41) is 12.1. The van der Waals surface area contributed by atoms with Gasteiger partial charge >= 0.3 is 11.7 Å². The lowest BCUT2D eigenvalue weighted by atomic mass is 10.4. The molecule has 0 fully saturated rings. The monoisotopic (exact) mass is 289 g/mol. The van der Waals surface area contributed by atoms with E-state index in [1.807, 2.05) is 0 Å². The van der Waals surface area contributed by atoms with Crippen LogP contribution in [0.2, 0.25) is 0 Å². The molecule has 0 aliphatic carbocycles. The van der Waals surface area contributed by atoms with Gasteiger partial charge in [0.05, 0.1) is 0 Å². The minimum atomic E-state index is -1.22. The SMILES string of the molecule is O=C(O)Cn1nc2c(F)cc(Br)cn2c1=O. The molecule has 1 N–H and O–H groups in total. The van der Waals surface area contributed by atoms with E-state index >= 15 is 0 Å². The standard InChI is InChI=1S/C8H5BrFN3O3/c9-4-1-5(10)7-11-13(3-6(14)15)8(16)12(7)2-4/h1-2H,3H2,(H,14,15). The number of rotatable bonds is 2. The quantitative estimate of drug-likeness (QED) is 0.873. The maximum absolute atomic E-state index is 13.4. The third-order valence-corrected chi connectivity index (χ3v) is 2.32. The second-order valence-electron chi connectivity index (χ2n) is 3.03. The zero-order chi connectivity index (χ0) is 11.9. The third kappa shape index (κ3) is 1.71. The molecule has 0 bridgehead atoms. The van der Waals surface area contributed by atoms with Crippen molar-refractivity contribution in [3.05, 3.63) is 33.0 Å². The largest absolute Gasteiger partial charge is 0.480 e. The highest BCUT2D eigenvalue weighted by Crippen LogP contribution is 2.13. The number of fused-ring (bicyclic) bond motifs is 1. The van der Waals surface area contributed by atoms with Crippen LogP contribution in [0.5, 0.6) is 0 Å². The summed E-state index contributed by atoms with van der Waals surface area (Å²) in [4.78, 5) is 22.0. The van der Waals surface area contributed by atoms with E-state index in [0.717, 1.165) is 10.5 Å². The van der Waals surface area contributed by atoms with Crippen LogP contribution in [0, 0.1) is 5.82 Å². The van der Waals surface area contributed by atoms with Gasteiger partial charge in [0.2, 0.25) is 0 Å². The summed E-state index contributed by atoms with van der Waals surface area (Å²) in [6.07, 6.45) is 1.33. The van der Waals surface area contributed by atoms with Crippen LogP contribution >= 0.6 is 15.9 Å². The molecule has 0 saturated carbocycles. The summed E-state index contributed by atoms with van der Waals surface area (Å²) in [6.45, 7) is -0.600. The van der Waals surface area contributed by atoms with E-state index in [0.29, 0.717) is 9.15 Å². The van der Waals surface area contributed by atoms with Gasteiger partial charge in [-0.1, -0.05) is 0 Å². The number of hydrogen-bond acceptors (Lipinski definition) is 3. The Morgan fingerprint density at radius 1 is 1.62 bits per heavy atom. The first-order valence-electron chi connectivity index (χ1n) is 4.15. The van der Waals surface area contributed by atoms with Crippen molar-refractivity contribution >= 4 is 27.5 Å². The molecular formula is C8H5BrFN3O3. The van der Waals surface area contributed by atoms with Gasteiger partial charge in [-0.25, -0.2) is 18.3 Å². The number of hydrogen-bond donors (Lipinski definition) is 1. The summed E-state index contributed by atoms with van der Waals surface area (Å²) in [6, 6.07) is 1.15. The van der Waals surface area contributed by atoms with Gasteiger partial charge in [-0.05, 0) is 22.0 Å². The van der Waals surface area contributed by atoms with Crippen LogP contribution in [-0.2, 0) is 11.3 Å². The number of halogens is 2. The van der Waals surface area contributed by atoms with Crippen LogP contribution in [-0.4, -0.2) is 25.3 Å². The van der Waals surface area contributed by atoms with Crippen molar-refractivity contribution in [2.75, 3.05) is 0 Å². The van der Waals surface area contributed by atoms with Gasteiger partial charge in [-0.2, -0.15) is 0 Å². The highest BCUT2D eigenvalue weighted by atomic mass is 79.9. The molecule has 16 heavy (non-hydrogen) atoms. The van der Waals surface area contributed by atoms with Gasteiger partial charge in [0.25, 0.3) is 0 Å². The second-order valence-corrected chi connectivity index (χ2v) is 3.95. The van der Waals surface area contributed by atoms with Gasteiger partial charge in [-0.3, -0.25) is 4.79 Å². The molecule has 2 rings (SSSR count). The number of carboxylic acid groups (broad SMARTS) is 1. The predicted octanol–water partition coefficient (Wildman–Crippen LogP) is 0.482. The molecule has 2 heterocycles. The Labute approximate surface area is 96.0 Å². The smallest absolute Gasteiger partial charge is 0.351 e. The number of aliphatic carboxylic acids is 1. The van der Waals surface area contributed by atoms with Crippen molar-refractivity contribution in [3.63, 3.8) is 0 Å². The average molecular weight is 290 g/mol. The lowest BCUT2D eigenvalue weighted by Crippen LogP contribution is -2.24. The van der Waals surface area contributed by atoms with Crippen molar-refractivity contribution in [2.24, 2.45) is 0 Å². The zero-order valence-corrected chi connectivity index (χ0v) is 9.31. The molecule has 0 aliphatic rings. The molecule has 0 atom stereocenters. The maximum Gasteiger partial charge on any atom is 0.351 e. The Bertz CT molecular complexity index is 633. The Hall–Kier alpha value is -1.70. The van der Waals surface area contributed by atoms with Crippen LogP contribution in [0.25, 0.3) is 5.65 Å². The molecule has 2 aromatic rings. The number of carboxylic acids is 1. The highest BCUT2D eigenvalue weighted by molar-refractivity contribution is 9.10. The molecule has 0 aromatic carbocycles. The summed E-state index contributed by atoms with van der Waals surface area (Å²) in [5.74, 6) is -1.92. The lowest BCUT2D eigenvalue weighted by molar-refractivity contribution is -0.137. The molecule has 0 amide bonds. The number of carbonyl (C=O) groups is 1. The van der Waals surface area contributed by atoms with Crippen LogP contribution in [0.3, 0.4) is 0 Å². The predicted molar refractivity (Wildman–Crippen MR) is 54.7 cm³/mol. The number of nitrogens with zero attached hydrogens (tertiary/aromatic N) is 3. The van der Waals surface area contributed by atoms with Crippen LogP contribution in [0.15, 0.2) is 21.5 Å². The minimum absolute atomic E-state index is 0.200. The molecule has 0 saturated heterocycles. The first-order chi connectivity index (χ1) is 7.49. The van der Waals surface area contributed by atoms with Crippen LogP contribution in [0.1, 0.15) is 0 Å². The van der Waals surface area contributed by atoms with E-state index in [1.54, 1.807) is 0 Å². The van der Waals surface area contributed by atoms with E-state index in [1.165, 1.54) is 6.20 Å². The maximum atomic E-state index is 13.4. The van der Waals surface area contributed by atoms with Gasteiger partial charge in [-0.15, -0.1) is 5.10 Å². The van der Waals surface area contributed by atoms with E-state index in [2.05, 4.69) is 21.0 Å². The van der Waals surface area contributed by atoms with Crippen LogP contribution in [0.4, 0.5) is 4.39 Å². The first kappa shape index (κ1) is 10.8. The fraction of sp³-hybridized carbons (Fsp3) is 0.125. The summed E-state index contributed by atoms with van der Waals surface area (Å²) in [7, 11) is 0. The Kier molecular flexibility index (Phi) is 2.50. The van der Waals surface area contributed by atoms with E-state index in [-0.39, 0.29) is 5.65 Å². The van der Waals surface area contributed by atoms with Crippen molar-refractivity contribution < 1.29 is 14.3 Å². The Morgan fingerprint density at radius 3 is 2.94 bits per heavy atom. The lowest BCUT2D eigenvalue weighted by Gasteiger charge is -1.93. The van der Waals surface area contributed by atoms with Crippen molar-refractivity contribution in [1.82, 2.24) is 14.2 Å². The molecule has 6 nitrogen and oxygen atoms in total. The Morgan fingerprint density at radius 2 is 2.31 bits per heavy atom. The molecule has 2 aromatic heterocycles. The summed E-state index contributed by atoms with van der Waals surface area (Å²) in [5.41, 5.74) is -0.896. The highest BCUT2D eigenvalue weighted by Gasteiger charge is 2.13. The zero-order valence-electron chi connectivity index (χ0n) is 7.72. The Balaban J connectivity index is 2.73.